The smallest absolute Gasteiger partial charge is 0.146 e. The number of hydrogen-bond donors (Lipinski definition) is 2. The van der Waals surface area contributed by atoms with Gasteiger partial charge < -0.3 is 11.1 Å². The van der Waals surface area contributed by atoms with E-state index in [4.69, 9.17) is 5.73 Å². The van der Waals surface area contributed by atoms with Crippen molar-refractivity contribution in [3.63, 3.8) is 0 Å². The molecule has 0 atom stereocenters. The Hall–Kier alpha value is -1.32. The summed E-state index contributed by atoms with van der Waals surface area (Å²) < 4.78 is 0. The summed E-state index contributed by atoms with van der Waals surface area (Å²) in [6, 6.07) is 0. The zero-order chi connectivity index (χ0) is 11.5. The first-order chi connectivity index (χ1) is 6.92. The van der Waals surface area contributed by atoms with Crippen molar-refractivity contribution in [1.82, 2.24) is 9.97 Å². The van der Waals surface area contributed by atoms with Gasteiger partial charge in [0.05, 0.1) is 12.4 Å². The summed E-state index contributed by atoms with van der Waals surface area (Å²) in [7, 11) is 0. The number of aromatic nitrogens is 2. The quantitative estimate of drug-likeness (QED) is 0.795. The van der Waals surface area contributed by atoms with Gasteiger partial charge in [0.15, 0.2) is 0 Å². The first kappa shape index (κ1) is 11.8. The average molecular weight is 208 g/mol. The van der Waals surface area contributed by atoms with Crippen LogP contribution in [0, 0.1) is 11.3 Å². The summed E-state index contributed by atoms with van der Waals surface area (Å²) in [6.45, 7) is 9.75. The second kappa shape index (κ2) is 4.47. The molecule has 0 radical (unpaired) electrons. The van der Waals surface area contributed by atoms with E-state index in [1.807, 2.05) is 0 Å². The van der Waals surface area contributed by atoms with E-state index in [0.29, 0.717) is 11.7 Å². The number of nitrogens with one attached hydrogen (secondary N) is 1. The Morgan fingerprint density at radius 1 is 1.40 bits per heavy atom. The van der Waals surface area contributed by atoms with Crippen LogP contribution in [0.5, 0.6) is 0 Å². The number of nitrogens with zero attached hydrogens (tertiary/aromatic N) is 2. The van der Waals surface area contributed by atoms with Crippen molar-refractivity contribution in [3.05, 3.63) is 12.4 Å². The normalized spacial score (nSPS) is 11.8. The van der Waals surface area contributed by atoms with Crippen molar-refractivity contribution < 1.29 is 0 Å². The van der Waals surface area contributed by atoms with Crippen LogP contribution in [0.1, 0.15) is 27.7 Å². The molecule has 0 saturated heterocycles. The van der Waals surface area contributed by atoms with Crippen molar-refractivity contribution in [1.29, 1.82) is 0 Å². The number of nitrogens with two attached hydrogens (primary N) is 1. The lowest BCUT2D eigenvalue weighted by Gasteiger charge is -2.29. The molecule has 84 valence electrons. The molecule has 0 aliphatic rings. The maximum atomic E-state index is 5.54. The van der Waals surface area contributed by atoms with E-state index >= 15 is 0 Å². The molecule has 0 saturated carbocycles. The van der Waals surface area contributed by atoms with E-state index in [0.717, 1.165) is 12.4 Å². The molecule has 4 heteroatoms. The fourth-order valence-electron chi connectivity index (χ4n) is 0.989. The lowest BCUT2D eigenvalue weighted by Crippen LogP contribution is -2.28. The third-order valence-corrected chi connectivity index (χ3v) is 2.94. The summed E-state index contributed by atoms with van der Waals surface area (Å²) in [5, 5.41) is 3.25. The highest BCUT2D eigenvalue weighted by atomic mass is 15.0. The first-order valence-electron chi connectivity index (χ1n) is 5.23. The summed E-state index contributed by atoms with van der Waals surface area (Å²) in [5.41, 5.74) is 5.77. The van der Waals surface area contributed by atoms with Gasteiger partial charge in [-0.2, -0.15) is 0 Å². The SMILES string of the molecule is CC(C)C(C)(C)CNc1cncc(N)n1. The Morgan fingerprint density at radius 3 is 2.60 bits per heavy atom. The Balaban J connectivity index is 2.57. The second-order valence-corrected chi connectivity index (χ2v) is 4.83. The third-order valence-electron chi connectivity index (χ3n) is 2.94. The highest BCUT2D eigenvalue weighted by Gasteiger charge is 2.21. The predicted molar refractivity (Wildman–Crippen MR) is 63.6 cm³/mol. The van der Waals surface area contributed by atoms with Crippen molar-refractivity contribution >= 4 is 11.6 Å². The fourth-order valence-corrected chi connectivity index (χ4v) is 0.989. The fraction of sp³-hybridized carbons (Fsp3) is 0.636. The minimum atomic E-state index is 0.228. The van der Waals surface area contributed by atoms with Gasteiger partial charge in [0.1, 0.15) is 11.6 Å². The summed E-state index contributed by atoms with van der Waals surface area (Å²) in [5.74, 6) is 1.80. The Morgan fingerprint density at radius 2 is 2.07 bits per heavy atom. The molecular formula is C11H20N4. The van der Waals surface area contributed by atoms with Gasteiger partial charge in [-0.1, -0.05) is 27.7 Å². The van der Waals surface area contributed by atoms with Crippen LogP contribution in [-0.4, -0.2) is 16.5 Å². The highest BCUT2D eigenvalue weighted by molar-refractivity contribution is 5.38. The second-order valence-electron chi connectivity index (χ2n) is 4.83. The van der Waals surface area contributed by atoms with E-state index < -0.39 is 0 Å². The Kier molecular flexibility index (Phi) is 3.50. The average Bonchev–Trinajstić information content (AvgIpc) is 2.15. The molecule has 0 aromatic carbocycles. The number of hydrogen-bond acceptors (Lipinski definition) is 4. The van der Waals surface area contributed by atoms with Crippen molar-refractivity contribution in [3.8, 4) is 0 Å². The molecule has 0 aliphatic carbocycles. The first-order valence-corrected chi connectivity index (χ1v) is 5.23. The Labute approximate surface area is 91.3 Å². The van der Waals surface area contributed by atoms with Crippen LogP contribution in [-0.2, 0) is 0 Å². The Bertz CT molecular complexity index is 320. The third kappa shape index (κ3) is 3.38. The summed E-state index contributed by atoms with van der Waals surface area (Å²) in [6.07, 6.45) is 3.23. The van der Waals surface area contributed by atoms with Crippen LogP contribution in [0.3, 0.4) is 0 Å². The number of rotatable bonds is 4. The van der Waals surface area contributed by atoms with Crippen LogP contribution in [0.25, 0.3) is 0 Å². The molecule has 1 aromatic heterocycles. The zero-order valence-corrected chi connectivity index (χ0v) is 9.91. The van der Waals surface area contributed by atoms with Crippen molar-refractivity contribution in [2.75, 3.05) is 17.6 Å². The maximum Gasteiger partial charge on any atom is 0.146 e. The van der Waals surface area contributed by atoms with Gasteiger partial charge in [-0.25, -0.2) is 4.98 Å². The minimum absolute atomic E-state index is 0.228. The van der Waals surface area contributed by atoms with Crippen LogP contribution >= 0.6 is 0 Å². The maximum absolute atomic E-state index is 5.54. The predicted octanol–water partition coefficient (Wildman–Crippen LogP) is 2.15. The van der Waals surface area contributed by atoms with E-state index in [1.54, 1.807) is 12.4 Å². The van der Waals surface area contributed by atoms with Crippen LogP contribution in [0.15, 0.2) is 12.4 Å². The van der Waals surface area contributed by atoms with Crippen molar-refractivity contribution in [2.45, 2.75) is 27.7 Å². The minimum Gasteiger partial charge on any atom is -0.382 e. The summed E-state index contributed by atoms with van der Waals surface area (Å²) in [4.78, 5) is 8.12. The van der Waals surface area contributed by atoms with Crippen molar-refractivity contribution in [2.24, 2.45) is 11.3 Å². The molecule has 0 unspecified atom stereocenters. The molecule has 1 rings (SSSR count). The number of nitrogen functional groups attached to an aromatic ring is 1. The van der Waals surface area contributed by atoms with Gasteiger partial charge >= 0.3 is 0 Å². The van der Waals surface area contributed by atoms with Gasteiger partial charge in [0.25, 0.3) is 0 Å². The van der Waals surface area contributed by atoms with E-state index in [2.05, 4.69) is 43.0 Å². The molecular weight excluding hydrogens is 188 g/mol. The lowest BCUT2D eigenvalue weighted by atomic mass is 9.81. The molecule has 4 nitrogen and oxygen atoms in total. The summed E-state index contributed by atoms with van der Waals surface area (Å²) >= 11 is 0. The number of anilines is 2. The van der Waals surface area contributed by atoms with Crippen LogP contribution in [0.4, 0.5) is 11.6 Å². The molecule has 0 fully saturated rings. The monoisotopic (exact) mass is 208 g/mol. The van der Waals surface area contributed by atoms with Gasteiger partial charge in [0.2, 0.25) is 0 Å². The van der Waals surface area contributed by atoms with Gasteiger partial charge in [0, 0.05) is 6.54 Å². The highest BCUT2D eigenvalue weighted by Crippen LogP contribution is 2.25. The molecule has 3 N–H and O–H groups in total. The van der Waals surface area contributed by atoms with Crippen LogP contribution < -0.4 is 11.1 Å². The van der Waals surface area contributed by atoms with E-state index in [1.165, 1.54) is 0 Å². The molecule has 1 heterocycles. The standard InChI is InChI=1S/C11H20N4/c1-8(2)11(3,4)7-14-10-6-13-5-9(12)15-10/h5-6,8H,7H2,1-4H3,(H3,12,14,15). The molecule has 0 aliphatic heterocycles. The molecule has 0 bridgehead atoms. The van der Waals surface area contributed by atoms with E-state index in [9.17, 15) is 0 Å². The molecule has 0 amide bonds. The molecule has 1 aromatic rings. The van der Waals surface area contributed by atoms with Gasteiger partial charge in [-0.05, 0) is 11.3 Å². The van der Waals surface area contributed by atoms with Gasteiger partial charge in [-0.15, -0.1) is 0 Å². The van der Waals surface area contributed by atoms with E-state index in [-0.39, 0.29) is 5.41 Å². The topological polar surface area (TPSA) is 63.8 Å². The molecule has 0 spiro atoms. The molecule has 15 heavy (non-hydrogen) atoms. The largest absolute Gasteiger partial charge is 0.382 e. The lowest BCUT2D eigenvalue weighted by molar-refractivity contribution is 0.269. The zero-order valence-electron chi connectivity index (χ0n) is 9.91. The van der Waals surface area contributed by atoms with Gasteiger partial charge in [-0.3, -0.25) is 4.98 Å². The van der Waals surface area contributed by atoms with Crippen LogP contribution in [0.2, 0.25) is 0 Å².